The van der Waals surface area contributed by atoms with Crippen molar-refractivity contribution in [1.29, 1.82) is 0 Å². The Balaban J connectivity index is 5.36. The molecule has 0 aliphatic heterocycles. The monoisotopic (exact) mass is 298 g/mol. The Morgan fingerprint density at radius 2 is 1.75 bits per heavy atom. The highest BCUT2D eigenvalue weighted by molar-refractivity contribution is 6.74. The van der Waals surface area contributed by atoms with Crippen LogP contribution in [0.5, 0.6) is 0 Å². The van der Waals surface area contributed by atoms with E-state index in [4.69, 9.17) is 4.43 Å². The molecule has 0 rings (SSSR count). The van der Waals surface area contributed by atoms with Crippen molar-refractivity contribution >= 4 is 14.1 Å². The van der Waals surface area contributed by atoms with Crippen molar-refractivity contribution in [3.05, 3.63) is 11.6 Å². The lowest BCUT2D eigenvalue weighted by atomic mass is 9.93. The standard InChI is InChI=1S/C17H34O2Si/c1-10-12-13(3)16(14(4)15(18)11-2)19-20(8,9)17(5,6)7/h12,14,16H,10-11H2,1-9H3/b13-12+/t14-,16-/m1/s1. The predicted octanol–water partition coefficient (Wildman–Crippen LogP) is 5.35. The summed E-state index contributed by atoms with van der Waals surface area (Å²) < 4.78 is 6.55. The van der Waals surface area contributed by atoms with Gasteiger partial charge in [-0.15, -0.1) is 0 Å². The smallest absolute Gasteiger partial charge is 0.192 e. The quantitative estimate of drug-likeness (QED) is 0.468. The van der Waals surface area contributed by atoms with Gasteiger partial charge in [0.05, 0.1) is 6.10 Å². The van der Waals surface area contributed by atoms with Crippen LogP contribution >= 0.6 is 0 Å². The summed E-state index contributed by atoms with van der Waals surface area (Å²) in [5.74, 6) is 0.231. The minimum absolute atomic E-state index is 0.0584. The van der Waals surface area contributed by atoms with Crippen molar-refractivity contribution in [2.24, 2.45) is 5.92 Å². The fourth-order valence-electron chi connectivity index (χ4n) is 2.01. The highest BCUT2D eigenvalue weighted by atomic mass is 28.4. The van der Waals surface area contributed by atoms with Gasteiger partial charge in [0, 0.05) is 12.3 Å². The van der Waals surface area contributed by atoms with E-state index in [1.165, 1.54) is 5.57 Å². The van der Waals surface area contributed by atoms with Crippen LogP contribution in [0.4, 0.5) is 0 Å². The molecule has 0 bridgehead atoms. The number of carbonyl (C=O) groups is 1. The van der Waals surface area contributed by atoms with Gasteiger partial charge < -0.3 is 4.43 Å². The van der Waals surface area contributed by atoms with Gasteiger partial charge in [0.25, 0.3) is 0 Å². The molecule has 0 heterocycles. The van der Waals surface area contributed by atoms with Crippen molar-refractivity contribution in [1.82, 2.24) is 0 Å². The predicted molar refractivity (Wildman–Crippen MR) is 90.6 cm³/mol. The zero-order chi connectivity index (χ0) is 16.1. The zero-order valence-corrected chi connectivity index (χ0v) is 16.0. The number of ketones is 1. The first kappa shape index (κ1) is 19.6. The molecular weight excluding hydrogens is 264 g/mol. The first-order valence-electron chi connectivity index (χ1n) is 7.85. The molecule has 0 unspecified atom stereocenters. The van der Waals surface area contributed by atoms with E-state index >= 15 is 0 Å². The molecule has 2 nitrogen and oxygen atoms in total. The molecule has 2 atom stereocenters. The molecule has 0 radical (unpaired) electrons. The minimum atomic E-state index is -1.87. The van der Waals surface area contributed by atoms with E-state index in [1.807, 2.05) is 13.8 Å². The van der Waals surface area contributed by atoms with E-state index in [9.17, 15) is 4.79 Å². The second kappa shape index (κ2) is 7.55. The van der Waals surface area contributed by atoms with E-state index < -0.39 is 8.32 Å². The first-order valence-corrected chi connectivity index (χ1v) is 10.8. The van der Waals surface area contributed by atoms with Gasteiger partial charge in [-0.2, -0.15) is 0 Å². The molecule has 0 amide bonds. The third-order valence-corrected chi connectivity index (χ3v) is 8.97. The van der Waals surface area contributed by atoms with Gasteiger partial charge in [0.1, 0.15) is 5.78 Å². The van der Waals surface area contributed by atoms with Crippen molar-refractivity contribution in [3.8, 4) is 0 Å². The molecule has 0 saturated carbocycles. The maximum Gasteiger partial charge on any atom is 0.192 e. The Hall–Kier alpha value is -0.413. The molecular formula is C17H34O2Si. The molecule has 0 aromatic rings. The normalized spacial score (nSPS) is 16.9. The molecule has 118 valence electrons. The lowest BCUT2D eigenvalue weighted by Crippen LogP contribution is -2.46. The van der Waals surface area contributed by atoms with Crippen LogP contribution in [-0.2, 0) is 9.22 Å². The second-order valence-electron chi connectivity index (χ2n) is 7.26. The summed E-state index contributed by atoms with van der Waals surface area (Å²) >= 11 is 0. The van der Waals surface area contributed by atoms with E-state index in [1.54, 1.807) is 0 Å². The molecule has 0 fully saturated rings. The van der Waals surface area contributed by atoms with Gasteiger partial charge in [-0.05, 0) is 37.0 Å². The van der Waals surface area contributed by atoms with Crippen LogP contribution in [0.3, 0.4) is 0 Å². The summed E-state index contributed by atoms with van der Waals surface area (Å²) in [6.07, 6.45) is 3.69. The van der Waals surface area contributed by atoms with Gasteiger partial charge in [0.2, 0.25) is 0 Å². The number of carbonyl (C=O) groups excluding carboxylic acids is 1. The van der Waals surface area contributed by atoms with Crippen LogP contribution in [0.2, 0.25) is 18.1 Å². The summed E-state index contributed by atoms with van der Waals surface area (Å²) in [5.41, 5.74) is 1.20. The molecule has 0 aliphatic carbocycles. The Morgan fingerprint density at radius 3 is 2.10 bits per heavy atom. The molecule has 0 saturated heterocycles. The number of rotatable bonds is 7. The van der Waals surface area contributed by atoms with E-state index in [0.29, 0.717) is 6.42 Å². The van der Waals surface area contributed by atoms with E-state index in [0.717, 1.165) is 6.42 Å². The lowest BCUT2D eigenvalue weighted by Gasteiger charge is -2.41. The summed E-state index contributed by atoms with van der Waals surface area (Å²) in [5, 5.41) is 0.159. The van der Waals surface area contributed by atoms with Crippen molar-refractivity contribution < 1.29 is 9.22 Å². The maximum absolute atomic E-state index is 12.1. The summed E-state index contributed by atoms with van der Waals surface area (Å²) in [4.78, 5) is 12.1. The lowest BCUT2D eigenvalue weighted by molar-refractivity contribution is -0.124. The topological polar surface area (TPSA) is 26.3 Å². The van der Waals surface area contributed by atoms with E-state index in [-0.39, 0.29) is 22.8 Å². The molecule has 0 N–H and O–H groups in total. The van der Waals surface area contributed by atoms with Crippen LogP contribution in [-0.4, -0.2) is 20.2 Å². The third-order valence-electron chi connectivity index (χ3n) is 4.51. The second-order valence-corrected chi connectivity index (χ2v) is 12.0. The van der Waals surface area contributed by atoms with Gasteiger partial charge in [-0.3, -0.25) is 4.79 Å². The molecule has 0 spiro atoms. The molecule has 0 aromatic carbocycles. The van der Waals surface area contributed by atoms with Crippen LogP contribution in [0.15, 0.2) is 11.6 Å². The molecule has 0 aromatic heterocycles. The van der Waals surface area contributed by atoms with Crippen LogP contribution < -0.4 is 0 Å². The average molecular weight is 299 g/mol. The summed E-state index contributed by atoms with van der Waals surface area (Å²) in [7, 11) is -1.87. The van der Waals surface area contributed by atoms with Crippen molar-refractivity contribution in [2.75, 3.05) is 0 Å². The van der Waals surface area contributed by atoms with Gasteiger partial charge in [0.15, 0.2) is 8.32 Å². The van der Waals surface area contributed by atoms with Crippen LogP contribution in [0.25, 0.3) is 0 Å². The largest absolute Gasteiger partial charge is 0.410 e. The highest BCUT2D eigenvalue weighted by Crippen LogP contribution is 2.39. The number of allylic oxidation sites excluding steroid dienone is 1. The van der Waals surface area contributed by atoms with Gasteiger partial charge in [-0.1, -0.05) is 47.6 Å². The maximum atomic E-state index is 12.1. The Kier molecular flexibility index (Phi) is 7.40. The average Bonchev–Trinajstić information content (AvgIpc) is 2.33. The molecule has 20 heavy (non-hydrogen) atoms. The highest BCUT2D eigenvalue weighted by Gasteiger charge is 2.41. The summed E-state index contributed by atoms with van der Waals surface area (Å²) in [6.45, 7) is 19.4. The first-order chi connectivity index (χ1) is 8.97. The minimum Gasteiger partial charge on any atom is -0.410 e. The number of hydrogen-bond donors (Lipinski definition) is 0. The van der Waals surface area contributed by atoms with Crippen molar-refractivity contribution in [3.63, 3.8) is 0 Å². The Bertz CT molecular complexity index is 350. The van der Waals surface area contributed by atoms with Crippen LogP contribution in [0, 0.1) is 5.92 Å². The van der Waals surface area contributed by atoms with E-state index in [2.05, 4.69) is 53.8 Å². The fraction of sp³-hybridized carbons (Fsp3) is 0.824. The number of Topliss-reactive ketones (excluding diaryl/α,β-unsaturated/α-hetero) is 1. The van der Waals surface area contributed by atoms with Crippen LogP contribution in [0.1, 0.15) is 61.3 Å². The molecule has 3 heteroatoms. The third kappa shape index (κ3) is 5.17. The Morgan fingerprint density at radius 1 is 1.25 bits per heavy atom. The Labute approximate surface area is 127 Å². The number of hydrogen-bond acceptors (Lipinski definition) is 2. The van der Waals surface area contributed by atoms with Gasteiger partial charge in [-0.25, -0.2) is 0 Å². The summed E-state index contributed by atoms with van der Waals surface area (Å²) in [6, 6.07) is 0. The van der Waals surface area contributed by atoms with Crippen molar-refractivity contribution in [2.45, 2.75) is 85.5 Å². The molecule has 0 aliphatic rings. The van der Waals surface area contributed by atoms with Gasteiger partial charge >= 0.3 is 0 Å². The zero-order valence-electron chi connectivity index (χ0n) is 15.0. The SMILES string of the molecule is CC/C=C(\C)[C@@H](O[Si](C)(C)C(C)(C)C)[C@H](C)C(=O)CC. The fourth-order valence-corrected chi connectivity index (χ4v) is 3.39.